The van der Waals surface area contributed by atoms with Crippen molar-refractivity contribution in [1.82, 2.24) is 5.32 Å². The summed E-state index contributed by atoms with van der Waals surface area (Å²) in [7, 11) is 0. The predicted molar refractivity (Wildman–Crippen MR) is 74.1 cm³/mol. The number of anilines is 1. The molecule has 1 rings (SSSR count). The fraction of sp³-hybridized carbons (Fsp3) is 0.538. The Morgan fingerprint density at radius 3 is 2.68 bits per heavy atom. The van der Waals surface area contributed by atoms with E-state index in [0.29, 0.717) is 17.3 Å². The lowest BCUT2D eigenvalue weighted by Gasteiger charge is -2.24. The molecular weight excluding hydrogens is 274 g/mol. The van der Waals surface area contributed by atoms with Gasteiger partial charge in [0.05, 0.1) is 13.2 Å². The maximum absolute atomic E-state index is 12.5. The van der Waals surface area contributed by atoms with Crippen molar-refractivity contribution >= 4 is 17.3 Å². The molecule has 19 heavy (non-hydrogen) atoms. The van der Waals surface area contributed by atoms with Gasteiger partial charge in [0.1, 0.15) is 0 Å². The van der Waals surface area contributed by atoms with Crippen LogP contribution in [0, 0.1) is 0 Å². The molecule has 0 unspecified atom stereocenters. The number of hydrogen-bond acceptors (Lipinski definition) is 3. The molecule has 6 heteroatoms. The van der Waals surface area contributed by atoms with Gasteiger partial charge in [-0.1, -0.05) is 24.6 Å². The molecule has 0 aliphatic heterocycles. The molecule has 0 fully saturated rings. The topological polar surface area (TPSA) is 35.5 Å². The maximum atomic E-state index is 12.5. The van der Waals surface area contributed by atoms with Gasteiger partial charge < -0.3 is 15.3 Å². The van der Waals surface area contributed by atoms with Crippen molar-refractivity contribution < 1.29 is 13.9 Å². The first-order chi connectivity index (χ1) is 9.08. The summed E-state index contributed by atoms with van der Waals surface area (Å²) >= 11 is 6.13. The van der Waals surface area contributed by atoms with Crippen LogP contribution in [0.2, 0.25) is 5.02 Å². The van der Waals surface area contributed by atoms with Gasteiger partial charge >= 0.3 is 0 Å². The van der Waals surface area contributed by atoms with Gasteiger partial charge in [-0.2, -0.15) is 0 Å². The van der Waals surface area contributed by atoms with E-state index in [9.17, 15) is 8.78 Å². The third kappa shape index (κ3) is 5.30. The molecule has 2 N–H and O–H groups in total. The lowest BCUT2D eigenvalue weighted by atomic mass is 10.2. The third-order valence-electron chi connectivity index (χ3n) is 2.70. The Balaban J connectivity index is 2.83. The number of alkyl halides is 2. The number of benzene rings is 1. The highest BCUT2D eigenvalue weighted by Gasteiger charge is 2.13. The molecular formula is C13H19ClF2N2O. The van der Waals surface area contributed by atoms with E-state index in [4.69, 9.17) is 16.7 Å². The molecule has 0 saturated heterocycles. The first-order valence-corrected chi connectivity index (χ1v) is 6.59. The van der Waals surface area contributed by atoms with Gasteiger partial charge in [-0.3, -0.25) is 0 Å². The van der Waals surface area contributed by atoms with Gasteiger partial charge in [-0.05, 0) is 24.2 Å². The Morgan fingerprint density at radius 1 is 1.42 bits per heavy atom. The molecule has 0 spiro atoms. The zero-order chi connectivity index (χ0) is 14.3. The van der Waals surface area contributed by atoms with Crippen molar-refractivity contribution in [1.29, 1.82) is 0 Å². The smallest absolute Gasteiger partial charge is 0.255 e. The zero-order valence-corrected chi connectivity index (χ0v) is 11.6. The first-order valence-electron chi connectivity index (χ1n) is 6.21. The maximum Gasteiger partial charge on any atom is 0.255 e. The minimum atomic E-state index is -2.45. The highest BCUT2D eigenvalue weighted by Crippen LogP contribution is 2.24. The minimum Gasteiger partial charge on any atom is -0.395 e. The van der Waals surface area contributed by atoms with Gasteiger partial charge in [-0.15, -0.1) is 0 Å². The third-order valence-corrected chi connectivity index (χ3v) is 3.05. The van der Waals surface area contributed by atoms with Crippen LogP contribution < -0.4 is 10.2 Å². The number of aliphatic hydroxyl groups excluding tert-OH is 1. The van der Waals surface area contributed by atoms with E-state index in [1.54, 1.807) is 12.1 Å². The van der Waals surface area contributed by atoms with Gasteiger partial charge in [0, 0.05) is 23.8 Å². The van der Waals surface area contributed by atoms with Crippen LogP contribution in [0.4, 0.5) is 14.5 Å². The van der Waals surface area contributed by atoms with Crippen LogP contribution in [0.1, 0.15) is 12.5 Å². The van der Waals surface area contributed by atoms with Crippen molar-refractivity contribution in [3.05, 3.63) is 28.8 Å². The Labute approximate surface area is 117 Å². The largest absolute Gasteiger partial charge is 0.395 e. The molecule has 0 amide bonds. The number of nitrogens with one attached hydrogen (secondary N) is 1. The van der Waals surface area contributed by atoms with Crippen LogP contribution in [0.5, 0.6) is 0 Å². The van der Waals surface area contributed by atoms with E-state index < -0.39 is 13.0 Å². The SMILES string of the molecule is CCNCc1ccc(N(CCO)CC(F)F)cc1Cl. The van der Waals surface area contributed by atoms with E-state index in [1.165, 1.54) is 4.90 Å². The summed E-state index contributed by atoms with van der Waals surface area (Å²) in [4.78, 5) is 1.42. The Bertz CT molecular complexity index is 391. The zero-order valence-electron chi connectivity index (χ0n) is 10.9. The number of aliphatic hydroxyl groups is 1. The van der Waals surface area contributed by atoms with E-state index in [2.05, 4.69) is 5.32 Å². The molecule has 0 aromatic heterocycles. The molecule has 0 radical (unpaired) electrons. The molecule has 0 atom stereocenters. The minimum absolute atomic E-state index is 0.160. The Morgan fingerprint density at radius 2 is 2.16 bits per heavy atom. The van der Waals surface area contributed by atoms with E-state index >= 15 is 0 Å². The summed E-state index contributed by atoms with van der Waals surface area (Å²) in [5.74, 6) is 0. The van der Waals surface area contributed by atoms with Crippen LogP contribution in [0.15, 0.2) is 18.2 Å². The second-order valence-electron chi connectivity index (χ2n) is 4.12. The highest BCUT2D eigenvalue weighted by atomic mass is 35.5. The molecule has 0 aliphatic rings. The quantitative estimate of drug-likeness (QED) is 0.773. The lowest BCUT2D eigenvalue weighted by Crippen LogP contribution is -2.31. The molecule has 108 valence electrons. The summed E-state index contributed by atoms with van der Waals surface area (Å²) in [5, 5.41) is 12.6. The monoisotopic (exact) mass is 292 g/mol. The molecule has 1 aromatic rings. The van der Waals surface area contributed by atoms with Gasteiger partial charge in [0.2, 0.25) is 0 Å². The van der Waals surface area contributed by atoms with Crippen molar-refractivity contribution in [3.63, 3.8) is 0 Å². The predicted octanol–water partition coefficient (Wildman–Crippen LogP) is 2.51. The summed E-state index contributed by atoms with van der Waals surface area (Å²) in [6.45, 7) is 3.04. The molecule has 1 aromatic carbocycles. The molecule has 0 saturated carbocycles. The fourth-order valence-corrected chi connectivity index (χ4v) is 1.99. The van der Waals surface area contributed by atoms with Crippen molar-refractivity contribution in [2.75, 3.05) is 31.1 Å². The van der Waals surface area contributed by atoms with Crippen LogP contribution in [0.25, 0.3) is 0 Å². The van der Waals surface area contributed by atoms with E-state index in [-0.39, 0.29) is 13.2 Å². The van der Waals surface area contributed by atoms with Crippen molar-refractivity contribution in [2.45, 2.75) is 19.9 Å². The summed E-state index contributed by atoms with van der Waals surface area (Å²) in [6, 6.07) is 5.22. The molecule has 0 bridgehead atoms. The van der Waals surface area contributed by atoms with Crippen molar-refractivity contribution in [2.24, 2.45) is 0 Å². The fourth-order valence-electron chi connectivity index (χ4n) is 1.75. The highest BCUT2D eigenvalue weighted by molar-refractivity contribution is 6.31. The Kier molecular flexibility index (Phi) is 7.05. The second-order valence-corrected chi connectivity index (χ2v) is 4.52. The van der Waals surface area contributed by atoms with Crippen molar-refractivity contribution in [3.8, 4) is 0 Å². The van der Waals surface area contributed by atoms with Gasteiger partial charge in [0.25, 0.3) is 6.43 Å². The standard InChI is InChI=1S/C13H19ClF2N2O/c1-2-17-8-10-3-4-11(7-12(10)14)18(5-6-19)9-13(15)16/h3-4,7,13,17,19H,2,5-6,8-9H2,1H3. The summed E-state index contributed by atoms with van der Waals surface area (Å²) < 4.78 is 24.9. The van der Waals surface area contributed by atoms with Crippen LogP contribution in [-0.2, 0) is 6.54 Å². The first kappa shape index (κ1) is 16.1. The lowest BCUT2D eigenvalue weighted by molar-refractivity contribution is 0.153. The summed E-state index contributed by atoms with van der Waals surface area (Å²) in [5.41, 5.74) is 1.52. The molecule has 0 heterocycles. The number of rotatable bonds is 8. The second kappa shape index (κ2) is 8.30. The van der Waals surface area contributed by atoms with Crippen LogP contribution in [0.3, 0.4) is 0 Å². The van der Waals surface area contributed by atoms with Gasteiger partial charge in [-0.25, -0.2) is 8.78 Å². The number of hydrogen-bond donors (Lipinski definition) is 2. The number of halogens is 3. The average Bonchev–Trinajstić information content (AvgIpc) is 2.36. The summed E-state index contributed by atoms with van der Waals surface area (Å²) in [6.07, 6.45) is -2.45. The normalized spacial score (nSPS) is 11.1. The molecule has 3 nitrogen and oxygen atoms in total. The average molecular weight is 293 g/mol. The van der Waals surface area contributed by atoms with E-state index in [1.807, 2.05) is 13.0 Å². The van der Waals surface area contributed by atoms with Gasteiger partial charge in [0.15, 0.2) is 0 Å². The van der Waals surface area contributed by atoms with E-state index in [0.717, 1.165) is 12.1 Å². The number of nitrogens with zero attached hydrogens (tertiary/aromatic N) is 1. The van der Waals surface area contributed by atoms with Crippen LogP contribution >= 0.6 is 11.6 Å². The van der Waals surface area contributed by atoms with Crippen LogP contribution in [-0.4, -0.2) is 37.8 Å². The Hall–Kier alpha value is -0.910. The molecule has 0 aliphatic carbocycles.